The zero-order valence-electron chi connectivity index (χ0n) is 9.53. The number of hydrogen-bond donors (Lipinski definition) is 0. The van der Waals surface area contributed by atoms with Gasteiger partial charge < -0.3 is 9.39 Å². The Kier molecular flexibility index (Phi) is 3.40. The normalized spacial score (nSPS) is 10.9. The molecule has 3 nitrogen and oxygen atoms in total. The third-order valence-electron chi connectivity index (χ3n) is 1.73. The van der Waals surface area contributed by atoms with E-state index >= 15 is 0 Å². The zero-order chi connectivity index (χ0) is 11.5. The van der Waals surface area contributed by atoms with Crippen LogP contribution in [0, 0.1) is 0 Å². The monoisotopic (exact) mass is 206 g/mol. The van der Waals surface area contributed by atoms with Crippen molar-refractivity contribution in [2.75, 3.05) is 0 Å². The van der Waals surface area contributed by atoms with Gasteiger partial charge in [0.1, 0.15) is 11.4 Å². The molecular weight excluding hydrogens is 191 g/mol. The number of ether oxygens (including phenoxy) is 1. The van der Waals surface area contributed by atoms with Crippen molar-refractivity contribution in [1.82, 2.24) is 0 Å². The summed E-state index contributed by atoms with van der Waals surface area (Å²) in [5.74, 6) is 0.173. The molecule has 0 aliphatic rings. The molecule has 0 heterocycles. The van der Waals surface area contributed by atoms with Crippen LogP contribution >= 0.6 is 0 Å². The summed E-state index contributed by atoms with van der Waals surface area (Å²) in [6.45, 7) is 5.50. The summed E-state index contributed by atoms with van der Waals surface area (Å²) >= 11 is 0. The standard InChI is InChI=1S/C11H15BO3/c1-11(2,3)14-10(13)8-6-4-5-7-9(8)15-12/h4-7H,12H2,1-3H3. The van der Waals surface area contributed by atoms with Crippen LogP contribution in [0.15, 0.2) is 24.3 Å². The highest BCUT2D eigenvalue weighted by atomic mass is 16.6. The molecule has 0 saturated carbocycles. The fraction of sp³-hybridized carbons (Fsp3) is 0.364. The fourth-order valence-electron chi connectivity index (χ4n) is 1.15. The van der Waals surface area contributed by atoms with Crippen molar-refractivity contribution in [2.45, 2.75) is 26.4 Å². The largest absolute Gasteiger partial charge is 0.567 e. The minimum Gasteiger partial charge on any atom is -0.567 e. The van der Waals surface area contributed by atoms with Crippen LogP contribution in [0.25, 0.3) is 0 Å². The first-order chi connectivity index (χ1) is 6.94. The van der Waals surface area contributed by atoms with E-state index in [-0.39, 0.29) is 5.97 Å². The Bertz CT molecular complexity index is 355. The molecule has 0 aliphatic heterocycles. The van der Waals surface area contributed by atoms with Crippen LogP contribution in [0.1, 0.15) is 31.1 Å². The van der Waals surface area contributed by atoms with Crippen molar-refractivity contribution in [3.63, 3.8) is 0 Å². The molecule has 0 aliphatic carbocycles. The van der Waals surface area contributed by atoms with E-state index in [2.05, 4.69) is 0 Å². The summed E-state index contributed by atoms with van der Waals surface area (Å²) < 4.78 is 10.3. The van der Waals surface area contributed by atoms with Crippen LogP contribution in [-0.4, -0.2) is 19.6 Å². The lowest BCUT2D eigenvalue weighted by molar-refractivity contribution is 0.00679. The number of hydrogen-bond acceptors (Lipinski definition) is 3. The molecule has 0 radical (unpaired) electrons. The summed E-state index contributed by atoms with van der Waals surface area (Å²) in [4.78, 5) is 11.7. The minimum atomic E-state index is -0.488. The summed E-state index contributed by atoms with van der Waals surface area (Å²) in [7, 11) is 1.53. The summed E-state index contributed by atoms with van der Waals surface area (Å²) in [5, 5.41) is 0. The summed E-state index contributed by atoms with van der Waals surface area (Å²) in [6.07, 6.45) is 0. The highest BCUT2D eigenvalue weighted by molar-refractivity contribution is 6.02. The number of rotatable bonds is 2. The van der Waals surface area contributed by atoms with Gasteiger partial charge in [0.05, 0.1) is 5.56 Å². The van der Waals surface area contributed by atoms with Crippen LogP contribution in [0.2, 0.25) is 0 Å². The lowest BCUT2D eigenvalue weighted by atomic mass is 10.1. The predicted octanol–water partition coefficient (Wildman–Crippen LogP) is 1.57. The first-order valence-electron chi connectivity index (χ1n) is 4.80. The molecule has 15 heavy (non-hydrogen) atoms. The second-order valence-corrected chi connectivity index (χ2v) is 4.20. The van der Waals surface area contributed by atoms with Crippen LogP contribution in [-0.2, 0) is 4.74 Å². The van der Waals surface area contributed by atoms with Gasteiger partial charge >= 0.3 is 14.0 Å². The number of para-hydroxylation sites is 1. The van der Waals surface area contributed by atoms with Gasteiger partial charge in [-0.2, -0.15) is 0 Å². The van der Waals surface area contributed by atoms with Gasteiger partial charge in [0.2, 0.25) is 0 Å². The number of carbonyl (C=O) groups is 1. The van der Waals surface area contributed by atoms with Crippen LogP contribution in [0.4, 0.5) is 0 Å². The van der Waals surface area contributed by atoms with Crippen molar-refractivity contribution >= 4 is 14.0 Å². The Morgan fingerprint density at radius 2 is 1.87 bits per heavy atom. The number of benzene rings is 1. The van der Waals surface area contributed by atoms with Crippen molar-refractivity contribution in [3.05, 3.63) is 29.8 Å². The van der Waals surface area contributed by atoms with Gasteiger partial charge in [-0.1, -0.05) is 12.1 Å². The molecule has 1 aromatic rings. The van der Waals surface area contributed by atoms with Crippen molar-refractivity contribution in [2.24, 2.45) is 0 Å². The second kappa shape index (κ2) is 4.38. The molecule has 4 heteroatoms. The van der Waals surface area contributed by atoms with E-state index in [0.717, 1.165) is 0 Å². The molecule has 0 unspecified atom stereocenters. The Balaban J connectivity index is 2.91. The van der Waals surface area contributed by atoms with Gasteiger partial charge in [0, 0.05) is 0 Å². The van der Waals surface area contributed by atoms with Gasteiger partial charge in [-0.05, 0) is 32.9 Å². The smallest absolute Gasteiger partial charge is 0.342 e. The number of esters is 1. The highest BCUT2D eigenvalue weighted by Crippen LogP contribution is 2.20. The molecular formula is C11H15BO3. The van der Waals surface area contributed by atoms with Crippen molar-refractivity contribution in [1.29, 1.82) is 0 Å². The van der Waals surface area contributed by atoms with Gasteiger partial charge in [-0.25, -0.2) is 4.79 Å². The van der Waals surface area contributed by atoms with E-state index < -0.39 is 5.60 Å². The lowest BCUT2D eigenvalue weighted by Gasteiger charge is -2.20. The fourth-order valence-corrected chi connectivity index (χ4v) is 1.15. The molecule has 0 N–H and O–H groups in total. The van der Waals surface area contributed by atoms with Crippen molar-refractivity contribution < 1.29 is 14.2 Å². The van der Waals surface area contributed by atoms with E-state index in [4.69, 9.17) is 9.39 Å². The molecule has 0 spiro atoms. The SMILES string of the molecule is BOc1ccccc1C(=O)OC(C)(C)C. The molecule has 0 atom stereocenters. The summed E-state index contributed by atoms with van der Waals surface area (Å²) in [6, 6.07) is 7.01. The average Bonchev–Trinajstić information content (AvgIpc) is 2.15. The third kappa shape index (κ3) is 3.31. The second-order valence-electron chi connectivity index (χ2n) is 4.20. The maximum atomic E-state index is 11.7. The molecule has 0 bridgehead atoms. The van der Waals surface area contributed by atoms with E-state index in [9.17, 15) is 4.79 Å². The maximum absolute atomic E-state index is 11.7. The molecule has 80 valence electrons. The van der Waals surface area contributed by atoms with E-state index in [0.29, 0.717) is 11.3 Å². The van der Waals surface area contributed by atoms with Crippen LogP contribution in [0.3, 0.4) is 0 Å². The van der Waals surface area contributed by atoms with Crippen molar-refractivity contribution in [3.8, 4) is 5.75 Å². The Hall–Kier alpha value is -1.45. The Morgan fingerprint density at radius 3 is 2.40 bits per heavy atom. The van der Waals surface area contributed by atoms with Crippen LogP contribution in [0.5, 0.6) is 5.75 Å². The zero-order valence-corrected chi connectivity index (χ0v) is 9.53. The third-order valence-corrected chi connectivity index (χ3v) is 1.73. The van der Waals surface area contributed by atoms with E-state index in [1.165, 1.54) is 8.05 Å². The highest BCUT2D eigenvalue weighted by Gasteiger charge is 2.20. The van der Waals surface area contributed by atoms with E-state index in [1.807, 2.05) is 26.8 Å². The first kappa shape index (κ1) is 11.6. The molecule has 0 fully saturated rings. The predicted molar refractivity (Wildman–Crippen MR) is 60.8 cm³/mol. The first-order valence-corrected chi connectivity index (χ1v) is 4.80. The molecule has 0 aromatic heterocycles. The van der Waals surface area contributed by atoms with Gasteiger partial charge in [-0.15, -0.1) is 0 Å². The summed E-state index contributed by atoms with van der Waals surface area (Å²) in [5.41, 5.74) is -0.0345. The lowest BCUT2D eigenvalue weighted by Crippen LogP contribution is -2.24. The molecule has 0 amide bonds. The molecule has 0 saturated heterocycles. The Labute approximate surface area is 90.8 Å². The van der Waals surface area contributed by atoms with Crippen LogP contribution < -0.4 is 4.65 Å². The van der Waals surface area contributed by atoms with Gasteiger partial charge in [0.25, 0.3) is 0 Å². The Morgan fingerprint density at radius 1 is 1.27 bits per heavy atom. The average molecular weight is 206 g/mol. The maximum Gasteiger partial charge on any atom is 0.342 e. The van der Waals surface area contributed by atoms with E-state index in [1.54, 1.807) is 18.2 Å². The minimum absolute atomic E-state index is 0.361. The van der Waals surface area contributed by atoms with Gasteiger partial charge in [-0.3, -0.25) is 0 Å². The topological polar surface area (TPSA) is 35.5 Å². The quantitative estimate of drug-likeness (QED) is 0.544. The number of carbonyl (C=O) groups excluding carboxylic acids is 1. The molecule has 1 aromatic carbocycles. The molecule has 1 rings (SSSR count). The van der Waals surface area contributed by atoms with Gasteiger partial charge in [0.15, 0.2) is 0 Å².